The maximum absolute atomic E-state index is 6.25. The fourth-order valence-corrected chi connectivity index (χ4v) is 3.06. The molecule has 1 aromatic heterocycles. The zero-order valence-corrected chi connectivity index (χ0v) is 14.3. The average Bonchev–Trinajstić information content (AvgIpc) is 2.81. The Hall–Kier alpha value is -0.800. The molecule has 0 N–H and O–H groups in total. The second-order valence-corrected chi connectivity index (χ2v) is 6.18. The van der Waals surface area contributed by atoms with E-state index in [0.717, 1.165) is 35.3 Å². The van der Waals surface area contributed by atoms with Crippen molar-refractivity contribution in [1.82, 2.24) is 9.78 Å². The molecule has 0 fully saturated rings. The molecule has 1 aromatic carbocycles. The van der Waals surface area contributed by atoms with Crippen molar-refractivity contribution in [1.29, 1.82) is 0 Å². The van der Waals surface area contributed by atoms with Crippen molar-refractivity contribution in [3.05, 3.63) is 52.3 Å². The Kier molecular flexibility index (Phi) is 5.67. The van der Waals surface area contributed by atoms with Gasteiger partial charge in [-0.15, -0.1) is 0 Å². The summed E-state index contributed by atoms with van der Waals surface area (Å²) in [4.78, 5) is 0. The van der Waals surface area contributed by atoms with E-state index < -0.39 is 0 Å². The molecule has 1 heterocycles. The molecule has 0 amide bonds. The van der Waals surface area contributed by atoms with Crippen molar-refractivity contribution in [3.63, 3.8) is 0 Å². The van der Waals surface area contributed by atoms with E-state index in [0.29, 0.717) is 5.92 Å². The number of hydrogen-bond donors (Lipinski definition) is 0. The van der Waals surface area contributed by atoms with Crippen molar-refractivity contribution in [2.24, 2.45) is 13.0 Å². The van der Waals surface area contributed by atoms with E-state index in [1.165, 1.54) is 11.3 Å². The van der Waals surface area contributed by atoms with Gasteiger partial charge < -0.3 is 0 Å². The van der Waals surface area contributed by atoms with E-state index >= 15 is 0 Å². The van der Waals surface area contributed by atoms with Crippen LogP contribution in [0.15, 0.2) is 30.3 Å². The van der Waals surface area contributed by atoms with Gasteiger partial charge in [0.05, 0.1) is 5.69 Å². The summed E-state index contributed by atoms with van der Waals surface area (Å²) in [5, 5.41) is 6.34. The highest BCUT2D eigenvalue weighted by molar-refractivity contribution is 9.09. The molecular weight excluding hydrogens is 336 g/mol. The van der Waals surface area contributed by atoms with Gasteiger partial charge >= 0.3 is 0 Å². The van der Waals surface area contributed by atoms with Gasteiger partial charge in [-0.1, -0.05) is 52.7 Å². The van der Waals surface area contributed by atoms with Crippen LogP contribution in [0.25, 0.3) is 0 Å². The van der Waals surface area contributed by atoms with Crippen LogP contribution < -0.4 is 0 Å². The lowest BCUT2D eigenvalue weighted by Crippen LogP contribution is -2.12. The second kappa shape index (κ2) is 7.28. The Balaban J connectivity index is 2.09. The maximum Gasteiger partial charge on any atom is 0.0624 e. The smallest absolute Gasteiger partial charge is 0.0624 e. The normalized spacial score (nSPS) is 12.6. The highest BCUT2D eigenvalue weighted by Crippen LogP contribution is 2.22. The third-order valence-corrected chi connectivity index (χ3v) is 4.86. The minimum Gasteiger partial charge on any atom is -0.272 e. The molecule has 1 unspecified atom stereocenters. The Labute approximate surface area is 134 Å². The zero-order valence-electron chi connectivity index (χ0n) is 11.9. The largest absolute Gasteiger partial charge is 0.272 e. The number of halogens is 2. The highest BCUT2D eigenvalue weighted by atomic mass is 79.9. The van der Waals surface area contributed by atoms with Gasteiger partial charge in [0.15, 0.2) is 0 Å². The van der Waals surface area contributed by atoms with E-state index in [1.807, 2.05) is 29.9 Å². The Morgan fingerprint density at radius 3 is 2.65 bits per heavy atom. The molecule has 0 bridgehead atoms. The lowest BCUT2D eigenvalue weighted by molar-refractivity contribution is 0.556. The van der Waals surface area contributed by atoms with Gasteiger partial charge in [-0.3, -0.25) is 4.68 Å². The molecule has 0 aliphatic heterocycles. The van der Waals surface area contributed by atoms with Crippen molar-refractivity contribution >= 4 is 27.5 Å². The first-order chi connectivity index (χ1) is 9.63. The van der Waals surface area contributed by atoms with Gasteiger partial charge in [0, 0.05) is 23.1 Å². The van der Waals surface area contributed by atoms with Gasteiger partial charge in [0.2, 0.25) is 0 Å². The molecule has 0 spiro atoms. The van der Waals surface area contributed by atoms with Crippen molar-refractivity contribution in [3.8, 4) is 0 Å². The van der Waals surface area contributed by atoms with E-state index in [2.05, 4.69) is 40.1 Å². The number of benzene rings is 1. The number of aryl methyl sites for hydroxylation is 2. The molecule has 2 rings (SSSR count). The molecule has 4 heteroatoms. The molecule has 0 saturated carbocycles. The molecule has 108 valence electrons. The Morgan fingerprint density at radius 2 is 2.05 bits per heavy atom. The van der Waals surface area contributed by atoms with Crippen LogP contribution in [-0.2, 0) is 26.3 Å². The van der Waals surface area contributed by atoms with E-state index in [1.54, 1.807) is 0 Å². The first kappa shape index (κ1) is 15.6. The maximum atomic E-state index is 6.25. The van der Waals surface area contributed by atoms with Crippen LogP contribution in [-0.4, -0.2) is 15.1 Å². The van der Waals surface area contributed by atoms with Crippen molar-refractivity contribution in [2.45, 2.75) is 26.2 Å². The van der Waals surface area contributed by atoms with Crippen LogP contribution >= 0.6 is 27.5 Å². The van der Waals surface area contributed by atoms with Crippen LogP contribution in [0.4, 0.5) is 0 Å². The molecule has 0 saturated heterocycles. The number of nitrogens with zero attached hydrogens (tertiary/aromatic N) is 2. The summed E-state index contributed by atoms with van der Waals surface area (Å²) in [6, 6.07) is 10.3. The molecule has 1 atom stereocenters. The predicted octanol–water partition coefficient (Wildman–Crippen LogP) is 4.43. The number of rotatable bonds is 6. The Morgan fingerprint density at radius 1 is 1.30 bits per heavy atom. The highest BCUT2D eigenvalue weighted by Gasteiger charge is 2.14. The third kappa shape index (κ3) is 3.86. The van der Waals surface area contributed by atoms with Crippen LogP contribution in [0.5, 0.6) is 0 Å². The molecule has 0 aliphatic carbocycles. The van der Waals surface area contributed by atoms with E-state index in [4.69, 9.17) is 11.6 Å². The summed E-state index contributed by atoms with van der Waals surface area (Å²) in [5.74, 6) is 0.523. The molecule has 20 heavy (non-hydrogen) atoms. The van der Waals surface area contributed by atoms with Crippen LogP contribution in [0.2, 0.25) is 5.02 Å². The first-order valence-electron chi connectivity index (χ1n) is 6.95. The van der Waals surface area contributed by atoms with Gasteiger partial charge in [-0.2, -0.15) is 5.10 Å². The minimum atomic E-state index is 0.523. The van der Waals surface area contributed by atoms with Crippen molar-refractivity contribution < 1.29 is 0 Å². The molecule has 2 nitrogen and oxygen atoms in total. The molecular formula is C16H20BrClN2. The van der Waals surface area contributed by atoms with Gasteiger partial charge in [-0.05, 0) is 42.9 Å². The first-order valence-corrected chi connectivity index (χ1v) is 8.45. The van der Waals surface area contributed by atoms with Crippen molar-refractivity contribution in [2.75, 3.05) is 5.33 Å². The van der Waals surface area contributed by atoms with Crippen LogP contribution in [0.3, 0.4) is 0 Å². The van der Waals surface area contributed by atoms with E-state index in [9.17, 15) is 0 Å². The zero-order chi connectivity index (χ0) is 14.5. The monoisotopic (exact) mass is 354 g/mol. The van der Waals surface area contributed by atoms with Crippen LogP contribution in [0, 0.1) is 5.92 Å². The van der Waals surface area contributed by atoms with Gasteiger partial charge in [-0.25, -0.2) is 0 Å². The summed E-state index contributed by atoms with van der Waals surface area (Å²) in [6.45, 7) is 2.14. The number of aromatic nitrogens is 2. The molecule has 0 radical (unpaired) electrons. The lowest BCUT2D eigenvalue weighted by atomic mass is 9.96. The molecule has 2 aromatic rings. The van der Waals surface area contributed by atoms with Gasteiger partial charge in [0.25, 0.3) is 0 Å². The summed E-state index contributed by atoms with van der Waals surface area (Å²) in [5.41, 5.74) is 3.67. The Bertz CT molecular complexity index is 565. The standard InChI is InChI=1S/C16H20BrClN2/c1-3-14-10-15(20(2)19-14)9-12(11-17)8-13-6-4-5-7-16(13)18/h4-7,10,12H,3,8-9,11H2,1-2H3. The predicted molar refractivity (Wildman–Crippen MR) is 88.7 cm³/mol. The second-order valence-electron chi connectivity index (χ2n) is 5.12. The third-order valence-electron chi connectivity index (χ3n) is 3.57. The SMILES string of the molecule is CCc1cc(CC(CBr)Cc2ccccc2Cl)n(C)n1. The summed E-state index contributed by atoms with van der Waals surface area (Å²) < 4.78 is 2.00. The number of hydrogen-bond acceptors (Lipinski definition) is 1. The fraction of sp³-hybridized carbons (Fsp3) is 0.438. The minimum absolute atomic E-state index is 0.523. The average molecular weight is 356 g/mol. The quantitative estimate of drug-likeness (QED) is 0.701. The lowest BCUT2D eigenvalue weighted by Gasteiger charge is -2.15. The van der Waals surface area contributed by atoms with Gasteiger partial charge in [0.1, 0.15) is 0 Å². The molecule has 0 aliphatic rings. The number of alkyl halides is 1. The summed E-state index contributed by atoms with van der Waals surface area (Å²) >= 11 is 9.88. The summed E-state index contributed by atoms with van der Waals surface area (Å²) in [7, 11) is 2.02. The fourth-order valence-electron chi connectivity index (χ4n) is 2.39. The van der Waals surface area contributed by atoms with Crippen LogP contribution in [0.1, 0.15) is 23.9 Å². The topological polar surface area (TPSA) is 17.8 Å². The summed E-state index contributed by atoms with van der Waals surface area (Å²) in [6.07, 6.45) is 2.98. The van der Waals surface area contributed by atoms with E-state index in [-0.39, 0.29) is 0 Å².